The summed E-state index contributed by atoms with van der Waals surface area (Å²) in [6.07, 6.45) is 0. The molecule has 72 valence electrons. The lowest BCUT2D eigenvalue weighted by Gasteiger charge is -2.23. The fourth-order valence-electron chi connectivity index (χ4n) is 0.887. The fraction of sp³-hybridized carbons (Fsp3) is 0.800. The average Bonchev–Trinajstić information content (AvgIpc) is 1.85. The summed E-state index contributed by atoms with van der Waals surface area (Å²) in [4.78, 5) is 0. The second-order valence-corrected chi connectivity index (χ2v) is 9.64. The molecule has 0 aromatic heterocycles. The van der Waals surface area contributed by atoms with Gasteiger partial charge in [-0.05, 0) is 19.5 Å². The SMILES string of the molecule is C=C(C)[Si](C)(C)CCNC(C)C. The maximum absolute atomic E-state index is 4.06. The van der Waals surface area contributed by atoms with Crippen LogP contribution in [0.2, 0.25) is 19.1 Å². The molecule has 0 atom stereocenters. The van der Waals surface area contributed by atoms with Crippen molar-refractivity contribution in [3.63, 3.8) is 0 Å². The van der Waals surface area contributed by atoms with E-state index in [0.29, 0.717) is 6.04 Å². The van der Waals surface area contributed by atoms with Crippen LogP contribution in [0.4, 0.5) is 0 Å². The van der Waals surface area contributed by atoms with E-state index in [4.69, 9.17) is 0 Å². The maximum Gasteiger partial charge on any atom is 0.0755 e. The monoisotopic (exact) mass is 185 g/mol. The van der Waals surface area contributed by atoms with Crippen molar-refractivity contribution in [1.82, 2.24) is 5.32 Å². The lowest BCUT2D eigenvalue weighted by Crippen LogP contribution is -2.34. The molecule has 0 aromatic carbocycles. The number of hydrogen-bond acceptors (Lipinski definition) is 1. The second-order valence-electron chi connectivity index (χ2n) is 4.52. The third-order valence-electron chi connectivity index (χ3n) is 2.46. The number of rotatable bonds is 5. The first-order chi connectivity index (χ1) is 5.36. The van der Waals surface area contributed by atoms with Gasteiger partial charge in [0.2, 0.25) is 0 Å². The molecule has 2 heteroatoms. The minimum absolute atomic E-state index is 0.611. The quantitative estimate of drug-likeness (QED) is 0.650. The van der Waals surface area contributed by atoms with E-state index in [9.17, 15) is 0 Å². The Morgan fingerprint density at radius 3 is 2.25 bits per heavy atom. The van der Waals surface area contributed by atoms with Crippen molar-refractivity contribution in [2.45, 2.75) is 46.0 Å². The molecule has 0 saturated heterocycles. The van der Waals surface area contributed by atoms with Crippen LogP contribution in [0.25, 0.3) is 0 Å². The van der Waals surface area contributed by atoms with Crippen molar-refractivity contribution >= 4 is 8.07 Å². The van der Waals surface area contributed by atoms with Crippen molar-refractivity contribution in [3.05, 3.63) is 11.8 Å². The van der Waals surface area contributed by atoms with Gasteiger partial charge in [-0.25, -0.2) is 0 Å². The van der Waals surface area contributed by atoms with Gasteiger partial charge in [0.05, 0.1) is 8.07 Å². The Morgan fingerprint density at radius 2 is 1.92 bits per heavy atom. The van der Waals surface area contributed by atoms with Crippen LogP contribution in [0, 0.1) is 0 Å². The molecule has 0 aliphatic rings. The molecule has 0 saturated carbocycles. The zero-order chi connectivity index (χ0) is 9.78. The smallest absolute Gasteiger partial charge is 0.0755 e. The molecular weight excluding hydrogens is 162 g/mol. The molecule has 0 unspecified atom stereocenters. The van der Waals surface area contributed by atoms with Gasteiger partial charge in [0, 0.05) is 6.04 Å². The van der Waals surface area contributed by atoms with Gasteiger partial charge in [0.25, 0.3) is 0 Å². The summed E-state index contributed by atoms with van der Waals surface area (Å²) in [5.74, 6) is 0. The molecule has 0 bridgehead atoms. The second kappa shape index (κ2) is 4.82. The highest BCUT2D eigenvalue weighted by atomic mass is 28.3. The van der Waals surface area contributed by atoms with E-state index in [1.54, 1.807) is 0 Å². The van der Waals surface area contributed by atoms with Crippen LogP contribution in [0.1, 0.15) is 20.8 Å². The molecule has 0 aliphatic carbocycles. The lowest BCUT2D eigenvalue weighted by atomic mass is 10.4. The van der Waals surface area contributed by atoms with Gasteiger partial charge in [-0.1, -0.05) is 32.1 Å². The molecular formula is C10H23NSi. The van der Waals surface area contributed by atoms with Gasteiger partial charge in [0.15, 0.2) is 0 Å². The lowest BCUT2D eigenvalue weighted by molar-refractivity contribution is 0.610. The van der Waals surface area contributed by atoms with E-state index in [-0.39, 0.29) is 0 Å². The summed E-state index contributed by atoms with van der Waals surface area (Å²) in [6, 6.07) is 1.92. The van der Waals surface area contributed by atoms with Gasteiger partial charge < -0.3 is 5.32 Å². The Labute approximate surface area is 78.3 Å². The minimum Gasteiger partial charge on any atom is -0.315 e. The van der Waals surface area contributed by atoms with E-state index in [0.717, 1.165) is 6.54 Å². The number of nitrogens with one attached hydrogen (secondary N) is 1. The molecule has 0 aromatic rings. The van der Waals surface area contributed by atoms with E-state index < -0.39 is 8.07 Å². The van der Waals surface area contributed by atoms with Crippen LogP contribution in [-0.4, -0.2) is 20.7 Å². The van der Waals surface area contributed by atoms with Crippen LogP contribution in [0.5, 0.6) is 0 Å². The highest BCUT2D eigenvalue weighted by Crippen LogP contribution is 2.16. The average molecular weight is 185 g/mol. The van der Waals surface area contributed by atoms with Gasteiger partial charge in [-0.3, -0.25) is 0 Å². The van der Waals surface area contributed by atoms with Crippen LogP contribution in [0.3, 0.4) is 0 Å². The molecule has 0 heterocycles. The Morgan fingerprint density at radius 1 is 1.42 bits per heavy atom. The maximum atomic E-state index is 4.06. The molecule has 0 amide bonds. The molecule has 1 nitrogen and oxygen atoms in total. The van der Waals surface area contributed by atoms with Crippen molar-refractivity contribution in [2.24, 2.45) is 0 Å². The largest absolute Gasteiger partial charge is 0.315 e. The van der Waals surface area contributed by atoms with Gasteiger partial charge in [0.1, 0.15) is 0 Å². The van der Waals surface area contributed by atoms with Gasteiger partial charge in [-0.15, -0.1) is 6.58 Å². The van der Waals surface area contributed by atoms with E-state index in [1.165, 1.54) is 11.2 Å². The number of hydrogen-bond donors (Lipinski definition) is 1. The summed E-state index contributed by atoms with van der Waals surface area (Å²) < 4.78 is 0. The molecule has 0 rings (SSSR count). The van der Waals surface area contributed by atoms with Crippen molar-refractivity contribution in [3.8, 4) is 0 Å². The van der Waals surface area contributed by atoms with Crippen LogP contribution in [-0.2, 0) is 0 Å². The Hall–Kier alpha value is -0.0831. The predicted octanol–water partition coefficient (Wildman–Crippen LogP) is 2.81. The Kier molecular flexibility index (Phi) is 4.79. The molecule has 0 aliphatic heterocycles. The standard InChI is InChI=1S/C10H23NSi/c1-9(2)11-7-8-12(5,6)10(3)4/h9,11H,3,7-8H2,1-2,4-6H3. The molecule has 12 heavy (non-hydrogen) atoms. The predicted molar refractivity (Wildman–Crippen MR) is 60.2 cm³/mol. The highest BCUT2D eigenvalue weighted by Gasteiger charge is 2.20. The Bertz CT molecular complexity index is 150. The first kappa shape index (κ1) is 11.9. The first-order valence-corrected chi connectivity index (χ1v) is 7.96. The zero-order valence-electron chi connectivity index (χ0n) is 9.20. The summed E-state index contributed by atoms with van der Waals surface area (Å²) >= 11 is 0. The van der Waals surface area contributed by atoms with Crippen molar-refractivity contribution in [2.75, 3.05) is 6.54 Å². The zero-order valence-corrected chi connectivity index (χ0v) is 10.2. The first-order valence-electron chi connectivity index (χ1n) is 4.75. The van der Waals surface area contributed by atoms with E-state index in [1.807, 2.05) is 0 Å². The van der Waals surface area contributed by atoms with Crippen LogP contribution >= 0.6 is 0 Å². The molecule has 0 radical (unpaired) electrons. The van der Waals surface area contributed by atoms with Crippen molar-refractivity contribution in [1.29, 1.82) is 0 Å². The van der Waals surface area contributed by atoms with E-state index in [2.05, 4.69) is 45.8 Å². The normalized spacial score (nSPS) is 12.2. The van der Waals surface area contributed by atoms with Crippen molar-refractivity contribution < 1.29 is 0 Å². The summed E-state index contributed by atoms with van der Waals surface area (Å²) in [5, 5.41) is 4.86. The van der Waals surface area contributed by atoms with Gasteiger partial charge >= 0.3 is 0 Å². The topological polar surface area (TPSA) is 12.0 Å². The van der Waals surface area contributed by atoms with E-state index >= 15 is 0 Å². The molecule has 0 spiro atoms. The molecule has 0 fully saturated rings. The Balaban J connectivity index is 3.69. The summed E-state index contributed by atoms with van der Waals surface area (Å²) in [6.45, 7) is 16.5. The summed E-state index contributed by atoms with van der Waals surface area (Å²) in [7, 11) is -1.10. The van der Waals surface area contributed by atoms with Crippen LogP contribution < -0.4 is 5.32 Å². The van der Waals surface area contributed by atoms with Gasteiger partial charge in [-0.2, -0.15) is 0 Å². The highest BCUT2D eigenvalue weighted by molar-refractivity contribution is 6.84. The van der Waals surface area contributed by atoms with Crippen LogP contribution in [0.15, 0.2) is 11.8 Å². The minimum atomic E-state index is -1.10. The summed E-state index contributed by atoms with van der Waals surface area (Å²) in [5.41, 5.74) is 0. The molecule has 1 N–H and O–H groups in total. The fourth-order valence-corrected chi connectivity index (χ4v) is 2.08. The number of allylic oxidation sites excluding steroid dienone is 1. The third kappa shape index (κ3) is 4.73. The third-order valence-corrected chi connectivity index (χ3v) is 6.27.